The van der Waals surface area contributed by atoms with Crippen molar-refractivity contribution in [2.45, 2.75) is 26.7 Å². The lowest BCUT2D eigenvalue weighted by atomic mass is 10.1. The van der Waals surface area contributed by atoms with E-state index in [1.54, 1.807) is 6.07 Å². The Morgan fingerprint density at radius 1 is 1.27 bits per heavy atom. The lowest BCUT2D eigenvalue weighted by Crippen LogP contribution is -2.21. The van der Waals surface area contributed by atoms with Crippen LogP contribution in [-0.2, 0) is 6.42 Å². The molecule has 0 fully saturated rings. The van der Waals surface area contributed by atoms with Crippen molar-refractivity contribution < 1.29 is 4.39 Å². The lowest BCUT2D eigenvalue weighted by molar-refractivity contribution is 0.538. The van der Waals surface area contributed by atoms with E-state index in [1.165, 1.54) is 6.07 Å². The molecular weight excluding hydrogens is 189 g/mol. The summed E-state index contributed by atoms with van der Waals surface area (Å²) in [4.78, 5) is 0. The maximum absolute atomic E-state index is 13.2. The average molecular weight is 209 g/mol. The molecule has 0 saturated carbocycles. The Hall–Kier alpha value is -0.890. The Morgan fingerprint density at radius 3 is 2.67 bits per heavy atom. The van der Waals surface area contributed by atoms with Crippen LogP contribution in [0.3, 0.4) is 0 Å². The molecule has 1 aromatic carbocycles. The third-order valence-corrected chi connectivity index (χ3v) is 2.31. The zero-order valence-electron chi connectivity index (χ0n) is 9.59. The summed E-state index contributed by atoms with van der Waals surface area (Å²) in [5.41, 5.74) is 0.823. The summed E-state index contributed by atoms with van der Waals surface area (Å²) >= 11 is 0. The number of hydrogen-bond donors (Lipinski definition) is 1. The zero-order valence-corrected chi connectivity index (χ0v) is 9.59. The molecule has 84 valence electrons. The largest absolute Gasteiger partial charge is 0.316 e. The van der Waals surface area contributed by atoms with Gasteiger partial charge in [-0.25, -0.2) is 4.39 Å². The molecule has 1 N–H and O–H groups in total. The highest BCUT2D eigenvalue weighted by atomic mass is 19.1. The molecule has 1 aromatic rings. The van der Waals surface area contributed by atoms with E-state index in [1.807, 2.05) is 12.1 Å². The molecule has 0 atom stereocenters. The summed E-state index contributed by atoms with van der Waals surface area (Å²) in [7, 11) is 0. The van der Waals surface area contributed by atoms with E-state index in [-0.39, 0.29) is 5.82 Å². The van der Waals surface area contributed by atoms with E-state index in [9.17, 15) is 4.39 Å². The molecule has 0 heterocycles. The van der Waals surface area contributed by atoms with Gasteiger partial charge in [0.05, 0.1) is 0 Å². The SMILES string of the molecule is CC(C)CNCCCc1ccccc1F. The smallest absolute Gasteiger partial charge is 0.126 e. The summed E-state index contributed by atoms with van der Waals surface area (Å²) in [6.45, 7) is 6.37. The lowest BCUT2D eigenvalue weighted by Gasteiger charge is -2.07. The van der Waals surface area contributed by atoms with Gasteiger partial charge in [-0.2, -0.15) is 0 Å². The van der Waals surface area contributed by atoms with Crippen LogP contribution in [-0.4, -0.2) is 13.1 Å². The number of benzene rings is 1. The first-order chi connectivity index (χ1) is 7.20. The minimum absolute atomic E-state index is 0.0821. The first-order valence-corrected chi connectivity index (χ1v) is 5.64. The van der Waals surface area contributed by atoms with Crippen molar-refractivity contribution in [2.24, 2.45) is 5.92 Å². The Bertz CT molecular complexity index is 284. The summed E-state index contributed by atoms with van der Waals surface area (Å²) in [5.74, 6) is 0.597. The highest BCUT2D eigenvalue weighted by Gasteiger charge is 1.99. The molecule has 15 heavy (non-hydrogen) atoms. The van der Waals surface area contributed by atoms with Gasteiger partial charge in [0.2, 0.25) is 0 Å². The van der Waals surface area contributed by atoms with Crippen molar-refractivity contribution in [1.29, 1.82) is 0 Å². The zero-order chi connectivity index (χ0) is 11.1. The van der Waals surface area contributed by atoms with Crippen molar-refractivity contribution in [3.05, 3.63) is 35.6 Å². The summed E-state index contributed by atoms with van der Waals surface area (Å²) < 4.78 is 13.2. The first kappa shape index (κ1) is 12.2. The van der Waals surface area contributed by atoms with E-state index in [4.69, 9.17) is 0 Å². The number of rotatable bonds is 6. The van der Waals surface area contributed by atoms with Crippen molar-refractivity contribution in [2.75, 3.05) is 13.1 Å². The Kier molecular flexibility index (Phi) is 5.33. The standard InChI is InChI=1S/C13H20FN/c1-11(2)10-15-9-5-7-12-6-3-4-8-13(12)14/h3-4,6,8,11,15H,5,7,9-10H2,1-2H3. The van der Waals surface area contributed by atoms with Gasteiger partial charge >= 0.3 is 0 Å². The van der Waals surface area contributed by atoms with E-state index < -0.39 is 0 Å². The summed E-state index contributed by atoms with van der Waals surface area (Å²) in [6.07, 6.45) is 1.81. The summed E-state index contributed by atoms with van der Waals surface area (Å²) in [5, 5.41) is 3.35. The second kappa shape index (κ2) is 6.57. The van der Waals surface area contributed by atoms with Gasteiger partial charge in [0.15, 0.2) is 0 Å². The first-order valence-electron chi connectivity index (χ1n) is 5.64. The van der Waals surface area contributed by atoms with E-state index in [2.05, 4.69) is 19.2 Å². The van der Waals surface area contributed by atoms with Crippen molar-refractivity contribution in [3.63, 3.8) is 0 Å². The topological polar surface area (TPSA) is 12.0 Å². The molecule has 0 radical (unpaired) electrons. The van der Waals surface area contributed by atoms with Gasteiger partial charge in [-0.1, -0.05) is 32.0 Å². The van der Waals surface area contributed by atoms with E-state index in [0.29, 0.717) is 5.92 Å². The molecule has 2 heteroatoms. The monoisotopic (exact) mass is 209 g/mol. The highest BCUT2D eigenvalue weighted by Crippen LogP contribution is 2.08. The van der Waals surface area contributed by atoms with Crippen LogP contribution in [0.25, 0.3) is 0 Å². The molecule has 0 aliphatic heterocycles. The molecule has 0 amide bonds. The molecule has 0 aromatic heterocycles. The van der Waals surface area contributed by atoms with Gasteiger partial charge in [-0.15, -0.1) is 0 Å². The van der Waals surface area contributed by atoms with Crippen LogP contribution in [0.15, 0.2) is 24.3 Å². The quantitative estimate of drug-likeness (QED) is 0.710. The number of nitrogens with one attached hydrogen (secondary N) is 1. The van der Waals surface area contributed by atoms with Gasteiger partial charge in [0.1, 0.15) is 5.82 Å². The highest BCUT2D eigenvalue weighted by molar-refractivity contribution is 5.17. The molecule has 0 aliphatic carbocycles. The fourth-order valence-electron chi connectivity index (χ4n) is 1.50. The molecule has 0 bridgehead atoms. The predicted molar refractivity (Wildman–Crippen MR) is 62.4 cm³/mol. The van der Waals surface area contributed by atoms with Gasteiger partial charge < -0.3 is 5.32 Å². The molecule has 0 unspecified atom stereocenters. The Labute approximate surface area is 91.7 Å². The number of halogens is 1. The second-order valence-electron chi connectivity index (χ2n) is 4.29. The van der Waals surface area contributed by atoms with Gasteiger partial charge in [-0.3, -0.25) is 0 Å². The van der Waals surface area contributed by atoms with E-state index >= 15 is 0 Å². The average Bonchev–Trinajstić information content (AvgIpc) is 2.20. The molecule has 1 rings (SSSR count). The van der Waals surface area contributed by atoms with E-state index in [0.717, 1.165) is 31.5 Å². The van der Waals surface area contributed by atoms with Crippen LogP contribution in [0.4, 0.5) is 4.39 Å². The van der Waals surface area contributed by atoms with Gasteiger partial charge in [0.25, 0.3) is 0 Å². The summed E-state index contributed by atoms with van der Waals surface area (Å²) in [6, 6.07) is 7.00. The molecular formula is C13H20FN. The second-order valence-corrected chi connectivity index (χ2v) is 4.29. The van der Waals surface area contributed by atoms with Crippen molar-refractivity contribution in [3.8, 4) is 0 Å². The third-order valence-electron chi connectivity index (χ3n) is 2.31. The maximum atomic E-state index is 13.2. The predicted octanol–water partition coefficient (Wildman–Crippen LogP) is 3.00. The number of hydrogen-bond acceptors (Lipinski definition) is 1. The number of aryl methyl sites for hydroxylation is 1. The molecule has 0 spiro atoms. The molecule has 0 aliphatic rings. The maximum Gasteiger partial charge on any atom is 0.126 e. The minimum Gasteiger partial charge on any atom is -0.316 e. The minimum atomic E-state index is -0.0821. The van der Waals surface area contributed by atoms with Crippen LogP contribution in [0.1, 0.15) is 25.8 Å². The van der Waals surface area contributed by atoms with Crippen LogP contribution in [0.5, 0.6) is 0 Å². The van der Waals surface area contributed by atoms with Crippen molar-refractivity contribution >= 4 is 0 Å². The Morgan fingerprint density at radius 2 is 2.00 bits per heavy atom. The van der Waals surface area contributed by atoms with Crippen LogP contribution in [0, 0.1) is 11.7 Å². The Balaban J connectivity index is 2.18. The third kappa shape index (κ3) is 4.93. The fraction of sp³-hybridized carbons (Fsp3) is 0.538. The van der Waals surface area contributed by atoms with Crippen LogP contribution < -0.4 is 5.32 Å². The normalized spacial score (nSPS) is 10.9. The van der Waals surface area contributed by atoms with Crippen molar-refractivity contribution in [1.82, 2.24) is 5.32 Å². The van der Waals surface area contributed by atoms with Crippen LogP contribution >= 0.6 is 0 Å². The van der Waals surface area contributed by atoms with Crippen LogP contribution in [0.2, 0.25) is 0 Å². The van der Waals surface area contributed by atoms with Gasteiger partial charge in [0, 0.05) is 0 Å². The molecule has 1 nitrogen and oxygen atoms in total. The molecule has 0 saturated heterocycles. The van der Waals surface area contributed by atoms with Gasteiger partial charge in [-0.05, 0) is 43.5 Å². The fourth-order valence-corrected chi connectivity index (χ4v) is 1.50.